The molecule has 1 fully saturated rings. The lowest BCUT2D eigenvalue weighted by molar-refractivity contribution is 0.491. The largest absolute Gasteiger partial charge is 0.309 e. The van der Waals surface area contributed by atoms with Crippen LogP contribution in [0.2, 0.25) is 0 Å². The lowest BCUT2D eigenvalue weighted by Gasteiger charge is -2.09. The summed E-state index contributed by atoms with van der Waals surface area (Å²) >= 11 is 0. The molecule has 0 saturated heterocycles. The number of anilines is 2. The quantitative estimate of drug-likeness (QED) is 0.557. The summed E-state index contributed by atoms with van der Waals surface area (Å²) in [4.78, 5) is 8.94. The van der Waals surface area contributed by atoms with Crippen molar-refractivity contribution in [3.8, 4) is 11.3 Å². The summed E-state index contributed by atoms with van der Waals surface area (Å²) in [7, 11) is 1.87. The SMILES string of the molecule is CC(Cc1nnc2cc(-c3ccnc(Nc4ccnn4C)n3)ccn12)C1CC1. The van der Waals surface area contributed by atoms with Gasteiger partial charge in [-0.25, -0.2) is 9.97 Å². The topological polar surface area (TPSA) is 85.8 Å². The first-order valence-electron chi connectivity index (χ1n) is 9.59. The highest BCUT2D eigenvalue weighted by Crippen LogP contribution is 2.38. The van der Waals surface area contributed by atoms with Crippen LogP contribution in [-0.2, 0) is 13.5 Å². The molecule has 28 heavy (non-hydrogen) atoms. The fourth-order valence-corrected chi connectivity index (χ4v) is 3.55. The molecule has 8 nitrogen and oxygen atoms in total. The van der Waals surface area contributed by atoms with Gasteiger partial charge < -0.3 is 5.32 Å². The Bertz CT molecular complexity index is 1120. The van der Waals surface area contributed by atoms with Gasteiger partial charge in [0.15, 0.2) is 5.65 Å². The Kier molecular flexibility index (Phi) is 4.03. The van der Waals surface area contributed by atoms with E-state index in [1.807, 2.05) is 31.4 Å². The van der Waals surface area contributed by atoms with E-state index in [4.69, 9.17) is 0 Å². The van der Waals surface area contributed by atoms with Gasteiger partial charge in [0.2, 0.25) is 5.95 Å². The summed E-state index contributed by atoms with van der Waals surface area (Å²) in [5, 5.41) is 16.1. The van der Waals surface area contributed by atoms with Crippen LogP contribution in [-0.4, -0.2) is 34.3 Å². The zero-order valence-corrected chi connectivity index (χ0v) is 15.9. The first kappa shape index (κ1) is 16.9. The van der Waals surface area contributed by atoms with Crippen LogP contribution in [0.25, 0.3) is 16.9 Å². The molecule has 1 aliphatic carbocycles. The lowest BCUT2D eigenvalue weighted by Crippen LogP contribution is -2.05. The van der Waals surface area contributed by atoms with E-state index >= 15 is 0 Å². The van der Waals surface area contributed by atoms with E-state index in [1.165, 1.54) is 12.8 Å². The minimum absolute atomic E-state index is 0.529. The molecule has 1 unspecified atom stereocenters. The van der Waals surface area contributed by atoms with E-state index in [0.717, 1.165) is 40.9 Å². The zero-order chi connectivity index (χ0) is 19.1. The molecule has 5 rings (SSSR count). The van der Waals surface area contributed by atoms with Crippen LogP contribution < -0.4 is 5.32 Å². The smallest absolute Gasteiger partial charge is 0.228 e. The molecule has 1 N–H and O–H groups in total. The third-order valence-electron chi connectivity index (χ3n) is 5.42. The van der Waals surface area contributed by atoms with E-state index in [-0.39, 0.29) is 0 Å². The molecule has 4 heterocycles. The third kappa shape index (κ3) is 3.21. The Morgan fingerprint density at radius 3 is 2.86 bits per heavy atom. The van der Waals surface area contributed by atoms with Gasteiger partial charge in [-0.15, -0.1) is 10.2 Å². The standard InChI is InChI=1S/C20H22N8/c1-13(14-3-4-14)11-18-25-26-19-12-15(7-10-28(18)19)16-5-8-21-20(23-16)24-17-6-9-22-27(17)2/h5-10,12-14H,3-4,11H2,1-2H3,(H,21,23,24). The zero-order valence-electron chi connectivity index (χ0n) is 15.9. The van der Waals surface area contributed by atoms with E-state index in [9.17, 15) is 0 Å². The number of hydrogen-bond donors (Lipinski definition) is 1. The van der Waals surface area contributed by atoms with Gasteiger partial charge in [0, 0.05) is 37.5 Å². The molecule has 4 aromatic rings. The van der Waals surface area contributed by atoms with Gasteiger partial charge in [-0.1, -0.05) is 6.92 Å². The Hall–Kier alpha value is -3.29. The number of hydrogen-bond acceptors (Lipinski definition) is 6. The maximum absolute atomic E-state index is 4.63. The first-order valence-corrected chi connectivity index (χ1v) is 9.59. The molecular formula is C20H22N8. The molecular weight excluding hydrogens is 352 g/mol. The van der Waals surface area contributed by atoms with Crippen molar-refractivity contribution in [1.29, 1.82) is 0 Å². The van der Waals surface area contributed by atoms with Crippen LogP contribution >= 0.6 is 0 Å². The van der Waals surface area contributed by atoms with Crippen molar-refractivity contribution in [2.75, 3.05) is 5.32 Å². The van der Waals surface area contributed by atoms with Crippen molar-refractivity contribution >= 4 is 17.4 Å². The van der Waals surface area contributed by atoms with Crippen molar-refractivity contribution in [3.05, 3.63) is 48.7 Å². The van der Waals surface area contributed by atoms with Gasteiger partial charge in [0.1, 0.15) is 11.6 Å². The second-order valence-corrected chi connectivity index (χ2v) is 7.51. The summed E-state index contributed by atoms with van der Waals surface area (Å²) in [6.07, 6.45) is 9.19. The van der Waals surface area contributed by atoms with E-state index in [1.54, 1.807) is 17.1 Å². The molecule has 0 aromatic carbocycles. The molecule has 8 heteroatoms. The minimum atomic E-state index is 0.529. The number of aromatic nitrogens is 7. The Labute approximate surface area is 162 Å². The molecule has 1 atom stereocenters. The Morgan fingerprint density at radius 1 is 1.18 bits per heavy atom. The van der Waals surface area contributed by atoms with Gasteiger partial charge >= 0.3 is 0 Å². The van der Waals surface area contributed by atoms with Gasteiger partial charge in [-0.2, -0.15) is 5.10 Å². The van der Waals surface area contributed by atoms with Gasteiger partial charge in [-0.05, 0) is 42.9 Å². The normalized spacial score (nSPS) is 15.1. The highest BCUT2D eigenvalue weighted by molar-refractivity contribution is 5.65. The highest BCUT2D eigenvalue weighted by Gasteiger charge is 2.28. The molecule has 1 aliphatic rings. The number of aryl methyl sites for hydroxylation is 1. The second-order valence-electron chi connectivity index (χ2n) is 7.51. The predicted molar refractivity (Wildman–Crippen MR) is 106 cm³/mol. The van der Waals surface area contributed by atoms with Crippen LogP contribution in [0, 0.1) is 11.8 Å². The summed E-state index contributed by atoms with van der Waals surface area (Å²) in [6.45, 7) is 2.31. The molecule has 0 spiro atoms. The molecule has 1 saturated carbocycles. The monoisotopic (exact) mass is 374 g/mol. The number of pyridine rings is 1. The summed E-state index contributed by atoms with van der Waals surface area (Å²) < 4.78 is 3.82. The maximum Gasteiger partial charge on any atom is 0.228 e. The molecule has 0 radical (unpaired) electrons. The van der Waals surface area contributed by atoms with Crippen LogP contribution in [0.4, 0.5) is 11.8 Å². The van der Waals surface area contributed by atoms with Gasteiger partial charge in [0.25, 0.3) is 0 Å². The fraction of sp³-hybridized carbons (Fsp3) is 0.350. The average Bonchev–Trinajstić information content (AvgIpc) is 3.39. The van der Waals surface area contributed by atoms with Crippen LogP contribution in [0.5, 0.6) is 0 Å². The fourth-order valence-electron chi connectivity index (χ4n) is 3.55. The van der Waals surface area contributed by atoms with Gasteiger partial charge in [-0.3, -0.25) is 9.08 Å². The van der Waals surface area contributed by atoms with Gasteiger partial charge in [0.05, 0.1) is 11.9 Å². The highest BCUT2D eigenvalue weighted by atomic mass is 15.3. The van der Waals surface area contributed by atoms with Crippen molar-refractivity contribution in [2.45, 2.75) is 26.2 Å². The number of rotatable bonds is 6. The summed E-state index contributed by atoms with van der Waals surface area (Å²) in [5.41, 5.74) is 2.66. The van der Waals surface area contributed by atoms with Crippen LogP contribution in [0.15, 0.2) is 42.9 Å². The summed E-state index contributed by atoms with van der Waals surface area (Å²) in [5.74, 6) is 3.91. The molecule has 0 aliphatic heterocycles. The minimum Gasteiger partial charge on any atom is -0.309 e. The van der Waals surface area contributed by atoms with Crippen molar-refractivity contribution in [1.82, 2.24) is 34.3 Å². The van der Waals surface area contributed by atoms with Crippen LogP contribution in [0.3, 0.4) is 0 Å². The second kappa shape index (κ2) is 6.70. The van der Waals surface area contributed by atoms with E-state index in [0.29, 0.717) is 11.9 Å². The number of nitrogens with one attached hydrogen (secondary N) is 1. The Balaban J connectivity index is 1.41. The number of fused-ring (bicyclic) bond motifs is 1. The predicted octanol–water partition coefficient (Wildman–Crippen LogP) is 3.25. The molecule has 142 valence electrons. The van der Waals surface area contributed by atoms with Crippen molar-refractivity contribution in [3.63, 3.8) is 0 Å². The summed E-state index contributed by atoms with van der Waals surface area (Å²) in [6, 6.07) is 7.85. The maximum atomic E-state index is 4.63. The molecule has 0 amide bonds. The lowest BCUT2D eigenvalue weighted by atomic mass is 10.0. The Morgan fingerprint density at radius 2 is 2.07 bits per heavy atom. The molecule has 0 bridgehead atoms. The van der Waals surface area contributed by atoms with Crippen LogP contribution in [0.1, 0.15) is 25.6 Å². The van der Waals surface area contributed by atoms with E-state index in [2.05, 4.69) is 48.0 Å². The average molecular weight is 374 g/mol. The number of nitrogens with zero attached hydrogens (tertiary/aromatic N) is 7. The van der Waals surface area contributed by atoms with E-state index < -0.39 is 0 Å². The van der Waals surface area contributed by atoms with Crippen molar-refractivity contribution in [2.24, 2.45) is 18.9 Å². The first-order chi connectivity index (χ1) is 13.7. The molecule has 4 aromatic heterocycles. The third-order valence-corrected chi connectivity index (χ3v) is 5.42. The van der Waals surface area contributed by atoms with Crippen molar-refractivity contribution < 1.29 is 0 Å².